The van der Waals surface area contributed by atoms with Crippen LogP contribution < -0.4 is 0 Å². The molecule has 0 amide bonds. The first kappa shape index (κ1) is 15.8. The highest BCUT2D eigenvalue weighted by Crippen LogP contribution is 2.45. The first-order valence-corrected chi connectivity index (χ1v) is 8.72. The van der Waals surface area contributed by atoms with Gasteiger partial charge in [-0.2, -0.15) is 0 Å². The summed E-state index contributed by atoms with van der Waals surface area (Å²) in [5.74, 6) is -0.768. The summed E-state index contributed by atoms with van der Waals surface area (Å²) in [6, 6.07) is 15.2. The van der Waals surface area contributed by atoms with Crippen LogP contribution in [0.5, 0.6) is 0 Å². The van der Waals surface area contributed by atoms with Crippen molar-refractivity contribution < 1.29 is 14.6 Å². The predicted molar refractivity (Wildman–Crippen MR) is 92.7 cm³/mol. The van der Waals surface area contributed by atoms with Crippen molar-refractivity contribution in [3.8, 4) is 0 Å². The van der Waals surface area contributed by atoms with Crippen LogP contribution in [0.2, 0.25) is 0 Å². The van der Waals surface area contributed by atoms with Gasteiger partial charge in [-0.25, -0.2) is 0 Å². The zero-order valence-electron chi connectivity index (χ0n) is 14.3. The Morgan fingerprint density at radius 1 is 1.12 bits per heavy atom. The highest BCUT2D eigenvalue weighted by molar-refractivity contribution is 5.40. The number of hydrogen-bond donors (Lipinski definition) is 1. The topological polar surface area (TPSA) is 38.7 Å². The van der Waals surface area contributed by atoms with E-state index in [0.717, 1.165) is 12.0 Å². The molecule has 24 heavy (non-hydrogen) atoms. The highest BCUT2D eigenvalue weighted by Gasteiger charge is 2.47. The molecule has 1 fully saturated rings. The minimum atomic E-state index is -0.768. The number of fused-ring (bicyclic) bond motifs is 2. The molecule has 0 aliphatic carbocycles. The van der Waals surface area contributed by atoms with Crippen LogP contribution in [0.3, 0.4) is 0 Å². The molecule has 2 aromatic carbocycles. The van der Waals surface area contributed by atoms with Gasteiger partial charge in [0.05, 0.1) is 18.8 Å². The summed E-state index contributed by atoms with van der Waals surface area (Å²) in [5.41, 5.74) is 6.09. The van der Waals surface area contributed by atoms with Crippen molar-refractivity contribution in [1.29, 1.82) is 0 Å². The zero-order chi connectivity index (χ0) is 16.7. The third-order valence-electron chi connectivity index (χ3n) is 5.07. The van der Waals surface area contributed by atoms with Gasteiger partial charge in [0.15, 0.2) is 5.79 Å². The van der Waals surface area contributed by atoms with Gasteiger partial charge >= 0.3 is 0 Å². The van der Waals surface area contributed by atoms with Gasteiger partial charge in [-0.05, 0) is 49.4 Å². The second-order valence-electron chi connectivity index (χ2n) is 7.22. The molecule has 2 aromatic rings. The molecule has 2 unspecified atom stereocenters. The molecule has 3 heteroatoms. The van der Waals surface area contributed by atoms with Gasteiger partial charge in [0.1, 0.15) is 0 Å². The molecule has 2 aliphatic rings. The molecule has 0 radical (unpaired) electrons. The van der Waals surface area contributed by atoms with Crippen molar-refractivity contribution in [3.63, 3.8) is 0 Å². The standard InChI is InChI=1S/C21H24O3/c1-14-3-5-16(6-4-14)10-17-7-8-18-13-23-21(20(18)11-17)12-19(22)9-15(2)24-21/h3-8,11,15,19,22H,9-10,12-13H2,1-2H3/t15?,19?,21-/m1/s1. The molecule has 3 atom stereocenters. The molecule has 0 bridgehead atoms. The van der Waals surface area contributed by atoms with E-state index in [2.05, 4.69) is 49.4 Å². The van der Waals surface area contributed by atoms with E-state index >= 15 is 0 Å². The Morgan fingerprint density at radius 3 is 2.62 bits per heavy atom. The maximum absolute atomic E-state index is 10.2. The van der Waals surface area contributed by atoms with Crippen LogP contribution in [0, 0.1) is 6.92 Å². The fourth-order valence-corrected chi connectivity index (χ4v) is 3.89. The monoisotopic (exact) mass is 324 g/mol. The van der Waals surface area contributed by atoms with Crippen LogP contribution in [-0.2, 0) is 28.3 Å². The van der Waals surface area contributed by atoms with Crippen LogP contribution in [-0.4, -0.2) is 17.3 Å². The second kappa shape index (κ2) is 5.99. The van der Waals surface area contributed by atoms with E-state index in [1.165, 1.54) is 22.3 Å². The predicted octanol–water partition coefficient (Wildman–Crippen LogP) is 3.83. The fourth-order valence-electron chi connectivity index (χ4n) is 3.89. The minimum Gasteiger partial charge on any atom is -0.393 e. The molecule has 4 rings (SSSR count). The van der Waals surface area contributed by atoms with Crippen molar-refractivity contribution >= 4 is 0 Å². The van der Waals surface area contributed by atoms with Crippen molar-refractivity contribution in [2.75, 3.05) is 0 Å². The highest BCUT2D eigenvalue weighted by atomic mass is 16.7. The van der Waals surface area contributed by atoms with E-state index in [1.54, 1.807) is 0 Å². The lowest BCUT2D eigenvalue weighted by molar-refractivity contribution is -0.295. The van der Waals surface area contributed by atoms with Crippen LogP contribution in [0.25, 0.3) is 0 Å². The third kappa shape index (κ3) is 2.88. The third-order valence-corrected chi connectivity index (χ3v) is 5.07. The minimum absolute atomic E-state index is 0.000421. The molecule has 1 N–H and O–H groups in total. The van der Waals surface area contributed by atoms with Crippen molar-refractivity contribution in [2.45, 2.75) is 57.7 Å². The van der Waals surface area contributed by atoms with Gasteiger partial charge in [0, 0.05) is 12.0 Å². The molecule has 1 spiro atoms. The summed E-state index contributed by atoms with van der Waals surface area (Å²) in [4.78, 5) is 0. The van der Waals surface area contributed by atoms with E-state index in [4.69, 9.17) is 9.47 Å². The SMILES string of the molecule is Cc1ccc(Cc2ccc3c(c2)[C@]2(CC(O)CC(C)O2)OC3)cc1. The van der Waals surface area contributed by atoms with Crippen molar-refractivity contribution in [3.05, 3.63) is 70.3 Å². The molecule has 126 valence electrons. The lowest BCUT2D eigenvalue weighted by Crippen LogP contribution is -2.43. The van der Waals surface area contributed by atoms with Crippen LogP contribution >= 0.6 is 0 Å². The lowest BCUT2D eigenvalue weighted by atomic mass is 9.90. The number of aliphatic hydroxyl groups is 1. The lowest BCUT2D eigenvalue weighted by Gasteiger charge is -2.39. The number of benzene rings is 2. The van der Waals surface area contributed by atoms with Gasteiger partial charge < -0.3 is 14.6 Å². The summed E-state index contributed by atoms with van der Waals surface area (Å²) < 4.78 is 12.2. The zero-order valence-corrected chi connectivity index (χ0v) is 14.3. The molecule has 0 saturated carbocycles. The Hall–Kier alpha value is -1.68. The summed E-state index contributed by atoms with van der Waals surface area (Å²) in [5, 5.41) is 10.2. The Balaban J connectivity index is 1.64. The largest absolute Gasteiger partial charge is 0.393 e. The molecule has 1 saturated heterocycles. The quantitative estimate of drug-likeness (QED) is 0.912. The first-order chi connectivity index (χ1) is 11.5. The summed E-state index contributed by atoms with van der Waals surface area (Å²) in [6.45, 7) is 4.66. The van der Waals surface area contributed by atoms with Crippen molar-refractivity contribution in [1.82, 2.24) is 0 Å². The van der Waals surface area contributed by atoms with Crippen LogP contribution in [0.1, 0.15) is 47.6 Å². The molecule has 0 aromatic heterocycles. The van der Waals surface area contributed by atoms with E-state index in [9.17, 15) is 5.11 Å². The van der Waals surface area contributed by atoms with E-state index in [0.29, 0.717) is 19.4 Å². The van der Waals surface area contributed by atoms with Gasteiger partial charge in [-0.3, -0.25) is 0 Å². The number of hydrogen-bond acceptors (Lipinski definition) is 3. The number of aryl methyl sites for hydroxylation is 1. The smallest absolute Gasteiger partial charge is 0.198 e. The van der Waals surface area contributed by atoms with Gasteiger partial charge in [-0.15, -0.1) is 0 Å². The van der Waals surface area contributed by atoms with Gasteiger partial charge in [0.2, 0.25) is 0 Å². The molecule has 2 aliphatic heterocycles. The Bertz CT molecular complexity index is 725. The number of aliphatic hydroxyl groups excluding tert-OH is 1. The Morgan fingerprint density at radius 2 is 1.88 bits per heavy atom. The first-order valence-electron chi connectivity index (χ1n) is 8.72. The molecule has 2 heterocycles. The van der Waals surface area contributed by atoms with Crippen molar-refractivity contribution in [2.24, 2.45) is 0 Å². The Labute approximate surface area is 143 Å². The van der Waals surface area contributed by atoms with Gasteiger partial charge in [0.25, 0.3) is 0 Å². The van der Waals surface area contributed by atoms with E-state index in [1.807, 2.05) is 6.92 Å². The number of ether oxygens (including phenoxy) is 2. The van der Waals surface area contributed by atoms with Crippen LogP contribution in [0.4, 0.5) is 0 Å². The maximum atomic E-state index is 10.2. The fraction of sp³-hybridized carbons (Fsp3) is 0.429. The maximum Gasteiger partial charge on any atom is 0.198 e. The number of rotatable bonds is 2. The average Bonchev–Trinajstić information content (AvgIpc) is 2.86. The molecule has 3 nitrogen and oxygen atoms in total. The second-order valence-corrected chi connectivity index (χ2v) is 7.22. The summed E-state index contributed by atoms with van der Waals surface area (Å²) in [7, 11) is 0. The summed E-state index contributed by atoms with van der Waals surface area (Å²) >= 11 is 0. The van der Waals surface area contributed by atoms with E-state index in [-0.39, 0.29) is 12.2 Å². The normalized spacial score (nSPS) is 29.0. The average molecular weight is 324 g/mol. The van der Waals surface area contributed by atoms with Crippen LogP contribution in [0.15, 0.2) is 42.5 Å². The molecular weight excluding hydrogens is 300 g/mol. The molecular formula is C21H24O3. The van der Waals surface area contributed by atoms with Gasteiger partial charge in [-0.1, -0.05) is 42.0 Å². The van der Waals surface area contributed by atoms with E-state index < -0.39 is 5.79 Å². The summed E-state index contributed by atoms with van der Waals surface area (Å²) in [6.07, 6.45) is 1.70. The Kier molecular flexibility index (Phi) is 3.95.